The van der Waals surface area contributed by atoms with Crippen LogP contribution in [0.15, 0.2) is 11.1 Å². The van der Waals surface area contributed by atoms with E-state index in [1.165, 1.54) is 11.1 Å². The average molecular weight is 485 g/mol. The summed E-state index contributed by atoms with van der Waals surface area (Å²) in [7, 11) is 0. The molecule has 0 radical (unpaired) electrons. The third kappa shape index (κ3) is 2.55. The minimum atomic E-state index is -0.828. The van der Waals surface area contributed by atoms with E-state index in [-0.39, 0.29) is 53.2 Å². The van der Waals surface area contributed by atoms with Crippen LogP contribution >= 0.6 is 0 Å². The monoisotopic (exact) mass is 484 g/mol. The smallest absolute Gasteiger partial charge is 0.309 e. The number of allylic oxidation sites excluding steroid dienone is 1. The van der Waals surface area contributed by atoms with Crippen molar-refractivity contribution in [2.75, 3.05) is 6.61 Å². The third-order valence-electron chi connectivity index (χ3n) is 12.9. The molecule has 0 aromatic carbocycles. The van der Waals surface area contributed by atoms with E-state index < -0.39 is 11.2 Å². The molecule has 35 heavy (non-hydrogen) atoms. The molecule has 7 aliphatic rings. The molecule has 2 heterocycles. The van der Waals surface area contributed by atoms with Crippen LogP contribution in [0.4, 0.5) is 0 Å². The third-order valence-corrected chi connectivity index (χ3v) is 12.9. The quantitative estimate of drug-likeness (QED) is 0.395. The molecule has 4 saturated carbocycles. The van der Waals surface area contributed by atoms with Gasteiger partial charge >= 0.3 is 5.97 Å². The van der Waals surface area contributed by atoms with Crippen molar-refractivity contribution in [1.29, 1.82) is 0 Å². The fourth-order valence-electron chi connectivity index (χ4n) is 11.8. The lowest BCUT2D eigenvalue weighted by molar-refractivity contribution is -0.143. The average Bonchev–Trinajstić information content (AvgIpc) is 3.49. The molecular formula is C30H44O5. The van der Waals surface area contributed by atoms with E-state index in [1.54, 1.807) is 0 Å². The SMILES string of the molecule is CC1=C2C3OC(=O)C(C)C3CCC(C)(O)C2C2C3CC(C)C4(C5OCC(C)C5CCC(C)(O)C34)C12. The number of hydrogen-bond acceptors (Lipinski definition) is 5. The molecule has 5 aliphatic carbocycles. The summed E-state index contributed by atoms with van der Waals surface area (Å²) < 4.78 is 12.9. The van der Waals surface area contributed by atoms with Gasteiger partial charge in [0.05, 0.1) is 23.2 Å². The van der Waals surface area contributed by atoms with E-state index >= 15 is 0 Å². The molecule has 2 aliphatic heterocycles. The van der Waals surface area contributed by atoms with Crippen molar-refractivity contribution in [2.45, 2.75) is 97.1 Å². The Hall–Kier alpha value is -0.910. The van der Waals surface area contributed by atoms with E-state index in [0.717, 1.165) is 32.3 Å². The maximum Gasteiger partial charge on any atom is 0.309 e. The molecule has 15 unspecified atom stereocenters. The summed E-state index contributed by atoms with van der Waals surface area (Å²) in [6, 6.07) is 0. The first-order chi connectivity index (χ1) is 16.4. The van der Waals surface area contributed by atoms with Gasteiger partial charge in [-0.25, -0.2) is 0 Å². The van der Waals surface area contributed by atoms with Gasteiger partial charge in [0.2, 0.25) is 0 Å². The van der Waals surface area contributed by atoms with Crippen molar-refractivity contribution in [3.8, 4) is 0 Å². The summed E-state index contributed by atoms with van der Waals surface area (Å²) in [6.45, 7) is 14.0. The Labute approximate surface area is 210 Å². The number of carbonyl (C=O) groups is 1. The number of rotatable bonds is 0. The summed E-state index contributed by atoms with van der Waals surface area (Å²) in [5.41, 5.74) is 0.936. The normalized spacial score (nSPS) is 62.6. The Morgan fingerprint density at radius 2 is 1.63 bits per heavy atom. The Morgan fingerprint density at radius 3 is 2.37 bits per heavy atom. The maximum absolute atomic E-state index is 12.7. The van der Waals surface area contributed by atoms with Gasteiger partial charge in [-0.2, -0.15) is 0 Å². The van der Waals surface area contributed by atoms with Crippen molar-refractivity contribution in [3.63, 3.8) is 0 Å². The van der Waals surface area contributed by atoms with Crippen LogP contribution in [0.5, 0.6) is 0 Å². The second-order valence-electron chi connectivity index (χ2n) is 14.4. The van der Waals surface area contributed by atoms with Crippen LogP contribution in [0, 0.1) is 64.6 Å². The molecule has 0 spiro atoms. The largest absolute Gasteiger partial charge is 0.457 e. The summed E-state index contributed by atoms with van der Waals surface area (Å²) in [6.07, 6.45) is 4.47. The number of esters is 1. The van der Waals surface area contributed by atoms with E-state index in [0.29, 0.717) is 36.0 Å². The maximum atomic E-state index is 12.7. The predicted octanol–water partition coefficient (Wildman–Crippen LogP) is 4.36. The highest BCUT2D eigenvalue weighted by molar-refractivity contribution is 5.75. The molecule has 5 heteroatoms. The highest BCUT2D eigenvalue weighted by Gasteiger charge is 2.79. The van der Waals surface area contributed by atoms with Crippen LogP contribution in [0.3, 0.4) is 0 Å². The lowest BCUT2D eigenvalue weighted by Crippen LogP contribution is -2.53. The number of ether oxygens (including phenoxy) is 2. The number of carbonyl (C=O) groups excluding carboxylic acids is 1. The highest BCUT2D eigenvalue weighted by atomic mass is 16.6. The zero-order valence-corrected chi connectivity index (χ0v) is 22.3. The van der Waals surface area contributed by atoms with Crippen LogP contribution in [-0.2, 0) is 14.3 Å². The molecule has 0 aromatic rings. The van der Waals surface area contributed by atoms with E-state index in [1.807, 2.05) is 13.8 Å². The van der Waals surface area contributed by atoms with Gasteiger partial charge in [-0.3, -0.25) is 4.79 Å². The van der Waals surface area contributed by atoms with Crippen molar-refractivity contribution in [1.82, 2.24) is 0 Å². The Bertz CT molecular complexity index is 997. The Balaban J connectivity index is 1.46. The van der Waals surface area contributed by atoms with Gasteiger partial charge in [-0.1, -0.05) is 26.3 Å². The molecule has 6 fully saturated rings. The van der Waals surface area contributed by atoms with E-state index in [9.17, 15) is 15.0 Å². The number of fused-ring (bicyclic) bond motifs is 7. The van der Waals surface area contributed by atoms with Crippen LogP contribution in [-0.4, -0.2) is 46.2 Å². The van der Waals surface area contributed by atoms with Gasteiger partial charge in [0.1, 0.15) is 6.10 Å². The van der Waals surface area contributed by atoms with Crippen LogP contribution in [0.25, 0.3) is 0 Å². The molecule has 7 rings (SSSR count). The van der Waals surface area contributed by atoms with Crippen molar-refractivity contribution in [3.05, 3.63) is 11.1 Å². The molecule has 5 nitrogen and oxygen atoms in total. The summed E-state index contributed by atoms with van der Waals surface area (Å²) in [5.74, 6) is 2.54. The topological polar surface area (TPSA) is 76.0 Å². The number of hydrogen-bond donors (Lipinski definition) is 2. The molecule has 2 N–H and O–H groups in total. The van der Waals surface area contributed by atoms with Gasteiger partial charge < -0.3 is 19.7 Å². The van der Waals surface area contributed by atoms with Crippen molar-refractivity contribution in [2.24, 2.45) is 64.6 Å². The molecule has 2 bridgehead atoms. The predicted molar refractivity (Wildman–Crippen MR) is 131 cm³/mol. The minimum absolute atomic E-state index is 0.00465. The minimum Gasteiger partial charge on any atom is -0.457 e. The Morgan fingerprint density at radius 1 is 0.943 bits per heavy atom. The zero-order chi connectivity index (χ0) is 24.8. The fraction of sp³-hybridized carbons (Fsp3) is 0.900. The van der Waals surface area contributed by atoms with Crippen LogP contribution in [0.1, 0.15) is 73.6 Å². The van der Waals surface area contributed by atoms with Crippen LogP contribution < -0.4 is 0 Å². The standard InChI is InChI=1S/C30H44O5/c1-13-12-34-26-17(13)7-10-29(6,33)25-19-11-14(2)30(25,26)22-16(4)20-23(21(19)22)28(5,32)9-8-18-15(3)27(31)35-24(18)20/h13-15,17-19,21-26,32-33H,7-12H2,1-6H3. The second kappa shape index (κ2) is 6.94. The molecular weight excluding hydrogens is 440 g/mol. The fourth-order valence-corrected chi connectivity index (χ4v) is 11.8. The van der Waals surface area contributed by atoms with Crippen molar-refractivity contribution >= 4 is 5.97 Å². The molecule has 15 atom stereocenters. The first-order valence-corrected chi connectivity index (χ1v) is 14.4. The first kappa shape index (κ1) is 23.2. The van der Waals surface area contributed by atoms with Gasteiger partial charge in [0, 0.05) is 23.9 Å². The molecule has 194 valence electrons. The van der Waals surface area contributed by atoms with Gasteiger partial charge in [-0.15, -0.1) is 0 Å². The summed E-state index contributed by atoms with van der Waals surface area (Å²) in [5, 5.41) is 24.2. The second-order valence-corrected chi connectivity index (χ2v) is 14.4. The lowest BCUT2D eigenvalue weighted by Gasteiger charge is -2.50. The summed E-state index contributed by atoms with van der Waals surface area (Å²) >= 11 is 0. The van der Waals surface area contributed by atoms with Crippen LogP contribution in [0.2, 0.25) is 0 Å². The zero-order valence-electron chi connectivity index (χ0n) is 22.3. The van der Waals surface area contributed by atoms with Gasteiger partial charge in [-0.05, 0) is 99.9 Å². The first-order valence-electron chi connectivity index (χ1n) is 14.4. The molecule has 0 amide bonds. The summed E-state index contributed by atoms with van der Waals surface area (Å²) in [4.78, 5) is 12.7. The van der Waals surface area contributed by atoms with Gasteiger partial charge in [0.15, 0.2) is 0 Å². The van der Waals surface area contributed by atoms with Gasteiger partial charge in [0.25, 0.3) is 0 Å². The lowest BCUT2D eigenvalue weighted by atomic mass is 9.56. The Kier molecular flexibility index (Phi) is 4.60. The van der Waals surface area contributed by atoms with E-state index in [2.05, 4.69) is 27.7 Å². The van der Waals surface area contributed by atoms with E-state index in [4.69, 9.17) is 9.47 Å². The number of aliphatic hydroxyl groups is 2. The molecule has 0 aromatic heterocycles. The van der Waals surface area contributed by atoms with Crippen molar-refractivity contribution < 1.29 is 24.5 Å². The highest BCUT2D eigenvalue weighted by Crippen LogP contribution is 2.80. The molecule has 2 saturated heterocycles.